The molecule has 2 amide bonds. The number of ether oxygens (including phenoxy) is 2. The number of amides is 2. The highest BCUT2D eigenvalue weighted by Crippen LogP contribution is 2.28. The van der Waals surface area contributed by atoms with Gasteiger partial charge < -0.3 is 24.6 Å². The molecular weight excluding hydrogens is 334 g/mol. The van der Waals surface area contributed by atoms with Gasteiger partial charge in [0.2, 0.25) is 11.8 Å². The van der Waals surface area contributed by atoms with Gasteiger partial charge in [-0.2, -0.15) is 0 Å². The van der Waals surface area contributed by atoms with E-state index >= 15 is 0 Å². The number of carbonyl (C=O) groups excluding carboxylic acids is 2. The SMILES string of the molecule is COCCCN1CC(C(=O)Nc2ccccc2N2CCOCC2)CC1=O. The Labute approximate surface area is 154 Å². The molecule has 1 aromatic rings. The van der Waals surface area contributed by atoms with Crippen LogP contribution in [0.25, 0.3) is 0 Å². The van der Waals surface area contributed by atoms with Crippen LogP contribution in [0.1, 0.15) is 12.8 Å². The Morgan fingerprint density at radius 1 is 1.31 bits per heavy atom. The molecule has 3 rings (SSSR count). The zero-order valence-corrected chi connectivity index (χ0v) is 15.3. The second kappa shape index (κ2) is 9.00. The molecule has 2 fully saturated rings. The van der Waals surface area contributed by atoms with E-state index in [1.807, 2.05) is 24.3 Å². The summed E-state index contributed by atoms with van der Waals surface area (Å²) in [5.41, 5.74) is 1.80. The third-order valence-corrected chi connectivity index (χ3v) is 4.88. The zero-order chi connectivity index (χ0) is 18.4. The monoisotopic (exact) mass is 361 g/mol. The molecule has 0 radical (unpaired) electrons. The molecule has 2 heterocycles. The number of hydrogen-bond donors (Lipinski definition) is 1. The van der Waals surface area contributed by atoms with Gasteiger partial charge in [-0.1, -0.05) is 12.1 Å². The van der Waals surface area contributed by atoms with Gasteiger partial charge in [-0.15, -0.1) is 0 Å². The predicted molar refractivity (Wildman–Crippen MR) is 99.3 cm³/mol. The number of hydrogen-bond acceptors (Lipinski definition) is 5. The van der Waals surface area contributed by atoms with Crippen LogP contribution in [-0.2, 0) is 19.1 Å². The second-order valence-corrected chi connectivity index (χ2v) is 6.69. The van der Waals surface area contributed by atoms with Crippen molar-refractivity contribution in [2.24, 2.45) is 5.92 Å². The molecule has 0 aromatic heterocycles. The Balaban J connectivity index is 1.61. The van der Waals surface area contributed by atoms with Crippen LogP contribution in [0.15, 0.2) is 24.3 Å². The molecule has 142 valence electrons. The van der Waals surface area contributed by atoms with Crippen LogP contribution in [0.2, 0.25) is 0 Å². The minimum Gasteiger partial charge on any atom is -0.385 e. The van der Waals surface area contributed by atoms with Crippen LogP contribution >= 0.6 is 0 Å². The van der Waals surface area contributed by atoms with E-state index in [0.717, 1.165) is 30.9 Å². The van der Waals surface area contributed by atoms with Gasteiger partial charge in [-0.25, -0.2) is 0 Å². The molecule has 7 nitrogen and oxygen atoms in total. The highest BCUT2D eigenvalue weighted by Gasteiger charge is 2.34. The summed E-state index contributed by atoms with van der Waals surface area (Å²) in [6.07, 6.45) is 1.06. The van der Waals surface area contributed by atoms with E-state index in [0.29, 0.717) is 32.9 Å². The molecule has 1 aromatic carbocycles. The average molecular weight is 361 g/mol. The maximum Gasteiger partial charge on any atom is 0.229 e. The Morgan fingerprint density at radius 3 is 2.85 bits per heavy atom. The number of methoxy groups -OCH3 is 1. The van der Waals surface area contributed by atoms with Crippen LogP contribution in [0, 0.1) is 5.92 Å². The molecular formula is C19H27N3O4. The van der Waals surface area contributed by atoms with Gasteiger partial charge in [-0.3, -0.25) is 9.59 Å². The third-order valence-electron chi connectivity index (χ3n) is 4.88. The number of rotatable bonds is 7. The molecule has 0 saturated carbocycles. The Bertz CT molecular complexity index is 631. The first kappa shape index (κ1) is 18.7. The summed E-state index contributed by atoms with van der Waals surface area (Å²) in [4.78, 5) is 28.8. The lowest BCUT2D eigenvalue weighted by atomic mass is 10.1. The lowest BCUT2D eigenvalue weighted by Gasteiger charge is -2.30. The van der Waals surface area contributed by atoms with E-state index in [2.05, 4.69) is 10.2 Å². The zero-order valence-electron chi connectivity index (χ0n) is 15.3. The van der Waals surface area contributed by atoms with E-state index in [4.69, 9.17) is 9.47 Å². The minimum atomic E-state index is -0.303. The molecule has 0 spiro atoms. The van der Waals surface area contributed by atoms with Crippen molar-refractivity contribution in [3.05, 3.63) is 24.3 Å². The van der Waals surface area contributed by atoms with E-state index in [1.165, 1.54) is 0 Å². The number of nitrogens with one attached hydrogen (secondary N) is 1. The summed E-state index contributed by atoms with van der Waals surface area (Å²) in [5, 5.41) is 3.03. The highest BCUT2D eigenvalue weighted by molar-refractivity contribution is 5.99. The van der Waals surface area contributed by atoms with Gasteiger partial charge in [0.25, 0.3) is 0 Å². The number of anilines is 2. The van der Waals surface area contributed by atoms with Gasteiger partial charge in [0.05, 0.1) is 30.5 Å². The smallest absolute Gasteiger partial charge is 0.229 e. The van der Waals surface area contributed by atoms with Crippen LogP contribution in [0.5, 0.6) is 0 Å². The van der Waals surface area contributed by atoms with Crippen molar-refractivity contribution in [1.29, 1.82) is 0 Å². The van der Waals surface area contributed by atoms with Gasteiger partial charge in [0.1, 0.15) is 0 Å². The van der Waals surface area contributed by atoms with Crippen molar-refractivity contribution < 1.29 is 19.1 Å². The van der Waals surface area contributed by atoms with Crippen molar-refractivity contribution in [2.75, 3.05) is 63.3 Å². The third kappa shape index (κ3) is 4.53. The Kier molecular flexibility index (Phi) is 6.46. The first-order valence-electron chi connectivity index (χ1n) is 9.18. The lowest BCUT2D eigenvalue weighted by Crippen LogP contribution is -2.37. The van der Waals surface area contributed by atoms with E-state index in [1.54, 1.807) is 12.0 Å². The molecule has 26 heavy (non-hydrogen) atoms. The molecule has 7 heteroatoms. The molecule has 2 aliphatic heterocycles. The minimum absolute atomic E-state index is 0.0442. The van der Waals surface area contributed by atoms with Gasteiger partial charge in [0, 0.05) is 46.3 Å². The number of para-hydroxylation sites is 2. The Hall–Kier alpha value is -2.12. The first-order valence-corrected chi connectivity index (χ1v) is 9.18. The Morgan fingerprint density at radius 2 is 2.08 bits per heavy atom. The summed E-state index contributed by atoms with van der Waals surface area (Å²) >= 11 is 0. The van der Waals surface area contributed by atoms with E-state index < -0.39 is 0 Å². The maximum absolute atomic E-state index is 12.7. The molecule has 0 aliphatic carbocycles. The van der Waals surface area contributed by atoms with Gasteiger partial charge >= 0.3 is 0 Å². The van der Waals surface area contributed by atoms with E-state index in [9.17, 15) is 9.59 Å². The lowest BCUT2D eigenvalue weighted by molar-refractivity contribution is -0.128. The topological polar surface area (TPSA) is 71.1 Å². The maximum atomic E-state index is 12.7. The number of carbonyl (C=O) groups is 2. The summed E-state index contributed by atoms with van der Waals surface area (Å²) < 4.78 is 10.4. The molecule has 1 atom stereocenters. The largest absolute Gasteiger partial charge is 0.385 e. The summed E-state index contributed by atoms with van der Waals surface area (Å²) in [6.45, 7) is 4.73. The molecule has 2 aliphatic rings. The highest BCUT2D eigenvalue weighted by atomic mass is 16.5. The number of nitrogens with zero attached hydrogens (tertiary/aromatic N) is 2. The molecule has 2 saturated heterocycles. The quantitative estimate of drug-likeness (QED) is 0.743. The fourth-order valence-electron chi connectivity index (χ4n) is 3.46. The van der Waals surface area contributed by atoms with Crippen molar-refractivity contribution in [3.63, 3.8) is 0 Å². The normalized spacial score (nSPS) is 20.5. The summed E-state index contributed by atoms with van der Waals surface area (Å²) in [5.74, 6) is -0.348. The van der Waals surface area contributed by atoms with Crippen molar-refractivity contribution in [1.82, 2.24) is 4.90 Å². The first-order chi connectivity index (χ1) is 12.7. The molecule has 1 unspecified atom stereocenters. The van der Waals surface area contributed by atoms with Crippen molar-refractivity contribution in [2.45, 2.75) is 12.8 Å². The number of benzene rings is 1. The fraction of sp³-hybridized carbons (Fsp3) is 0.579. The van der Waals surface area contributed by atoms with Crippen LogP contribution in [0.3, 0.4) is 0 Å². The summed E-state index contributed by atoms with van der Waals surface area (Å²) in [7, 11) is 1.65. The average Bonchev–Trinajstić information content (AvgIpc) is 3.04. The predicted octanol–water partition coefficient (Wildman–Crippen LogP) is 1.35. The van der Waals surface area contributed by atoms with Crippen molar-refractivity contribution in [3.8, 4) is 0 Å². The van der Waals surface area contributed by atoms with Gasteiger partial charge in [-0.05, 0) is 18.6 Å². The van der Waals surface area contributed by atoms with Crippen LogP contribution < -0.4 is 10.2 Å². The number of likely N-dealkylation sites (tertiary alicyclic amines) is 1. The fourth-order valence-corrected chi connectivity index (χ4v) is 3.46. The second-order valence-electron chi connectivity index (χ2n) is 6.69. The van der Waals surface area contributed by atoms with E-state index in [-0.39, 0.29) is 24.2 Å². The standard InChI is InChI=1S/C19H27N3O4/c1-25-10-4-7-22-14-15(13-18(22)23)19(24)20-16-5-2-3-6-17(16)21-8-11-26-12-9-21/h2-3,5-6,15H,4,7-14H2,1H3,(H,20,24). The van der Waals surface area contributed by atoms with Crippen molar-refractivity contribution >= 4 is 23.2 Å². The molecule has 0 bridgehead atoms. The van der Waals surface area contributed by atoms with Crippen LogP contribution in [-0.4, -0.2) is 69.8 Å². The molecule has 1 N–H and O–H groups in total. The summed E-state index contributed by atoms with van der Waals surface area (Å²) in [6, 6.07) is 7.81. The van der Waals surface area contributed by atoms with Crippen LogP contribution in [0.4, 0.5) is 11.4 Å². The van der Waals surface area contributed by atoms with Gasteiger partial charge in [0.15, 0.2) is 0 Å². The number of morpholine rings is 1.